The summed E-state index contributed by atoms with van der Waals surface area (Å²) >= 11 is 1.59. The molecule has 186 valence electrons. The van der Waals surface area contributed by atoms with Crippen molar-refractivity contribution >= 4 is 39.2 Å². The summed E-state index contributed by atoms with van der Waals surface area (Å²) in [5.74, 6) is 1.14. The standard InChI is InChI=1S/C28H37N5OS/c1-21(2)33(28(34)29-23-10-4-5-11-23)25-13-7-3-9-22(25)15-16-31-17-19-32(20-18-31)27-24-12-6-8-14-26(24)35-30-27/h3,6-9,12-14,21,23H,4-5,10-11,15-20H2,1-2H3,(H,29,34). The zero-order chi connectivity index (χ0) is 24.2. The number of benzene rings is 2. The molecule has 6 nitrogen and oxygen atoms in total. The molecule has 2 aromatic carbocycles. The fourth-order valence-corrected chi connectivity index (χ4v) is 6.25. The van der Waals surface area contributed by atoms with Crippen LogP contribution >= 0.6 is 11.5 Å². The quantitative estimate of drug-likeness (QED) is 0.472. The number of anilines is 2. The third-order valence-corrected chi connectivity index (χ3v) is 8.21. The van der Waals surface area contributed by atoms with Crippen molar-refractivity contribution < 1.29 is 4.79 Å². The molecule has 2 heterocycles. The number of nitrogens with zero attached hydrogens (tertiary/aromatic N) is 4. The Morgan fingerprint density at radius 1 is 1.06 bits per heavy atom. The van der Waals surface area contributed by atoms with Gasteiger partial charge in [0.2, 0.25) is 0 Å². The number of rotatable bonds is 7. The predicted molar refractivity (Wildman–Crippen MR) is 147 cm³/mol. The minimum Gasteiger partial charge on any atom is -0.353 e. The molecule has 0 spiro atoms. The molecule has 1 aliphatic carbocycles. The second-order valence-electron chi connectivity index (χ2n) is 10.1. The average Bonchev–Trinajstić information content (AvgIpc) is 3.54. The van der Waals surface area contributed by atoms with E-state index >= 15 is 0 Å². The first-order valence-corrected chi connectivity index (χ1v) is 13.9. The molecule has 0 atom stereocenters. The number of piperazine rings is 1. The summed E-state index contributed by atoms with van der Waals surface area (Å²) < 4.78 is 6.00. The first-order valence-electron chi connectivity index (χ1n) is 13.1. The molecule has 3 aromatic rings. The number of hydrogen-bond acceptors (Lipinski definition) is 5. The number of para-hydroxylation sites is 1. The molecule has 1 saturated heterocycles. The van der Waals surface area contributed by atoms with Crippen LogP contribution < -0.4 is 15.1 Å². The van der Waals surface area contributed by atoms with Gasteiger partial charge in [0.15, 0.2) is 0 Å². The van der Waals surface area contributed by atoms with E-state index in [1.807, 2.05) is 11.0 Å². The van der Waals surface area contributed by atoms with Gasteiger partial charge < -0.3 is 10.2 Å². The molecule has 0 radical (unpaired) electrons. The Kier molecular flexibility index (Phi) is 7.54. The van der Waals surface area contributed by atoms with Crippen molar-refractivity contribution in [3.05, 3.63) is 54.1 Å². The molecule has 2 aliphatic rings. The third kappa shape index (κ3) is 5.46. The Hall–Kier alpha value is -2.64. The number of nitrogens with one attached hydrogen (secondary N) is 1. The molecule has 1 N–H and O–H groups in total. The normalized spacial score (nSPS) is 17.4. The lowest BCUT2D eigenvalue weighted by molar-refractivity contribution is 0.241. The van der Waals surface area contributed by atoms with Crippen molar-refractivity contribution in [3.8, 4) is 0 Å². The van der Waals surface area contributed by atoms with Gasteiger partial charge in [-0.2, -0.15) is 4.37 Å². The molecule has 1 aliphatic heterocycles. The largest absolute Gasteiger partial charge is 0.353 e. The summed E-state index contributed by atoms with van der Waals surface area (Å²) in [7, 11) is 0. The monoisotopic (exact) mass is 491 g/mol. The second-order valence-corrected chi connectivity index (χ2v) is 10.9. The summed E-state index contributed by atoms with van der Waals surface area (Å²) in [6.07, 6.45) is 5.57. The highest BCUT2D eigenvalue weighted by molar-refractivity contribution is 7.13. The van der Waals surface area contributed by atoms with E-state index in [0.29, 0.717) is 6.04 Å². The highest BCUT2D eigenvalue weighted by atomic mass is 32.1. The Balaban J connectivity index is 1.21. The van der Waals surface area contributed by atoms with Gasteiger partial charge in [-0.15, -0.1) is 0 Å². The Labute approximate surface area is 213 Å². The summed E-state index contributed by atoms with van der Waals surface area (Å²) in [6.45, 7) is 9.26. The minimum absolute atomic E-state index is 0.0449. The molecule has 35 heavy (non-hydrogen) atoms. The topological polar surface area (TPSA) is 51.7 Å². The Morgan fingerprint density at radius 3 is 2.54 bits per heavy atom. The fraction of sp³-hybridized carbons (Fsp3) is 0.500. The van der Waals surface area contributed by atoms with Crippen LogP contribution in [0.25, 0.3) is 10.1 Å². The number of aromatic nitrogens is 1. The molecule has 2 fully saturated rings. The maximum atomic E-state index is 13.2. The maximum absolute atomic E-state index is 13.2. The van der Waals surface area contributed by atoms with Crippen LogP contribution in [0.5, 0.6) is 0 Å². The molecule has 1 saturated carbocycles. The van der Waals surface area contributed by atoms with Crippen molar-refractivity contribution in [1.29, 1.82) is 0 Å². The number of urea groups is 1. The zero-order valence-electron chi connectivity index (χ0n) is 20.9. The van der Waals surface area contributed by atoms with Crippen LogP contribution in [0.3, 0.4) is 0 Å². The number of carbonyl (C=O) groups excluding carboxylic acids is 1. The summed E-state index contributed by atoms with van der Waals surface area (Å²) in [6, 6.07) is 17.4. The van der Waals surface area contributed by atoms with E-state index in [1.54, 1.807) is 11.5 Å². The van der Waals surface area contributed by atoms with Gasteiger partial charge in [0.05, 0.1) is 4.70 Å². The molecule has 1 aromatic heterocycles. The van der Waals surface area contributed by atoms with Gasteiger partial charge in [-0.25, -0.2) is 4.79 Å². The predicted octanol–water partition coefficient (Wildman–Crippen LogP) is 5.53. The van der Waals surface area contributed by atoms with E-state index in [2.05, 4.69) is 71.4 Å². The highest BCUT2D eigenvalue weighted by Gasteiger charge is 2.26. The first-order chi connectivity index (χ1) is 17.1. The van der Waals surface area contributed by atoms with Crippen LogP contribution in [0.15, 0.2) is 48.5 Å². The van der Waals surface area contributed by atoms with Gasteiger partial charge in [-0.05, 0) is 68.4 Å². The van der Waals surface area contributed by atoms with Crippen LogP contribution in [0.1, 0.15) is 45.1 Å². The van der Waals surface area contributed by atoms with E-state index in [-0.39, 0.29) is 12.1 Å². The molecular formula is C28H37N5OS. The minimum atomic E-state index is 0.0449. The highest BCUT2D eigenvalue weighted by Crippen LogP contribution is 2.30. The zero-order valence-corrected chi connectivity index (χ0v) is 21.8. The van der Waals surface area contributed by atoms with Crippen LogP contribution in [0.4, 0.5) is 16.3 Å². The van der Waals surface area contributed by atoms with E-state index in [9.17, 15) is 4.79 Å². The smallest absolute Gasteiger partial charge is 0.322 e. The molecular weight excluding hydrogens is 454 g/mol. The molecule has 5 rings (SSSR count). The van der Waals surface area contributed by atoms with Crippen LogP contribution in [0.2, 0.25) is 0 Å². The van der Waals surface area contributed by atoms with Crippen molar-refractivity contribution in [2.75, 3.05) is 42.5 Å². The van der Waals surface area contributed by atoms with E-state index < -0.39 is 0 Å². The maximum Gasteiger partial charge on any atom is 0.322 e. The van der Waals surface area contributed by atoms with Crippen LogP contribution in [-0.4, -0.2) is 60.1 Å². The van der Waals surface area contributed by atoms with E-state index in [0.717, 1.165) is 63.5 Å². The van der Waals surface area contributed by atoms with Crippen molar-refractivity contribution in [2.24, 2.45) is 0 Å². The van der Waals surface area contributed by atoms with Crippen LogP contribution in [-0.2, 0) is 6.42 Å². The van der Waals surface area contributed by atoms with Gasteiger partial charge >= 0.3 is 6.03 Å². The van der Waals surface area contributed by atoms with Crippen molar-refractivity contribution in [3.63, 3.8) is 0 Å². The number of fused-ring (bicyclic) bond motifs is 1. The fourth-order valence-electron chi connectivity index (χ4n) is 5.46. The number of carbonyl (C=O) groups is 1. The summed E-state index contributed by atoms with van der Waals surface area (Å²) in [4.78, 5) is 20.2. The van der Waals surface area contributed by atoms with Crippen molar-refractivity contribution in [1.82, 2.24) is 14.6 Å². The number of hydrogen-bond donors (Lipinski definition) is 1. The first kappa shape index (κ1) is 24.1. The molecule has 0 unspecified atom stereocenters. The average molecular weight is 492 g/mol. The molecule has 2 amide bonds. The Bertz CT molecular complexity index is 1130. The van der Waals surface area contributed by atoms with Crippen molar-refractivity contribution in [2.45, 2.75) is 58.0 Å². The van der Waals surface area contributed by atoms with E-state index in [1.165, 1.54) is 28.5 Å². The van der Waals surface area contributed by atoms with Gasteiger partial charge in [0, 0.05) is 55.9 Å². The second kappa shape index (κ2) is 11.0. The lowest BCUT2D eigenvalue weighted by atomic mass is 10.1. The van der Waals surface area contributed by atoms with Gasteiger partial charge in [-0.3, -0.25) is 9.80 Å². The SMILES string of the molecule is CC(C)N(C(=O)NC1CCCC1)c1ccccc1CCN1CCN(c2nsc3ccccc23)CC1. The third-order valence-electron chi connectivity index (χ3n) is 7.40. The lowest BCUT2D eigenvalue weighted by Crippen LogP contribution is -2.48. The summed E-state index contributed by atoms with van der Waals surface area (Å²) in [5, 5.41) is 4.56. The Morgan fingerprint density at radius 2 is 1.77 bits per heavy atom. The molecule has 7 heteroatoms. The lowest BCUT2D eigenvalue weighted by Gasteiger charge is -2.35. The van der Waals surface area contributed by atoms with Gasteiger partial charge in [-0.1, -0.05) is 43.2 Å². The van der Waals surface area contributed by atoms with Gasteiger partial charge in [0.25, 0.3) is 0 Å². The van der Waals surface area contributed by atoms with E-state index in [4.69, 9.17) is 4.37 Å². The summed E-state index contributed by atoms with van der Waals surface area (Å²) in [5.41, 5.74) is 2.29. The number of amides is 2. The van der Waals surface area contributed by atoms with Crippen LogP contribution in [0, 0.1) is 0 Å². The molecule has 0 bridgehead atoms. The van der Waals surface area contributed by atoms with Gasteiger partial charge in [0.1, 0.15) is 5.82 Å².